The van der Waals surface area contributed by atoms with Crippen molar-refractivity contribution in [2.45, 2.75) is 0 Å². The van der Waals surface area contributed by atoms with Crippen molar-refractivity contribution in [3.05, 3.63) is 69.8 Å². The van der Waals surface area contributed by atoms with E-state index in [1.54, 1.807) is 18.2 Å². The van der Waals surface area contributed by atoms with Crippen LogP contribution in [-0.4, -0.2) is 19.7 Å². The van der Waals surface area contributed by atoms with Crippen LogP contribution in [0.3, 0.4) is 0 Å². The molecule has 0 atom stereocenters. The number of carbonyl (C=O) groups excluding carboxylic acids is 1. The Morgan fingerprint density at radius 1 is 1.14 bits per heavy atom. The number of hydrogen-bond acceptors (Lipinski definition) is 3. The van der Waals surface area contributed by atoms with E-state index in [1.807, 2.05) is 30.3 Å². The molecule has 0 radical (unpaired) electrons. The van der Waals surface area contributed by atoms with E-state index < -0.39 is 0 Å². The minimum atomic E-state index is -0.354. The largest absolute Gasteiger partial charge is 0.488 e. The van der Waals surface area contributed by atoms with Crippen molar-refractivity contribution in [1.82, 2.24) is 0 Å². The number of esters is 1. The zero-order valence-corrected chi connectivity index (χ0v) is 13.8. The van der Waals surface area contributed by atoms with Crippen molar-refractivity contribution < 1.29 is 14.3 Å². The predicted octanol–water partition coefficient (Wildman–Crippen LogP) is 4.17. The van der Waals surface area contributed by atoms with E-state index in [1.165, 1.54) is 7.11 Å². The van der Waals surface area contributed by atoms with Gasteiger partial charge in [0.2, 0.25) is 0 Å². The molecule has 0 amide bonds. The Hall–Kier alpha value is -1.82. The third-order valence-corrected chi connectivity index (χ3v) is 3.78. The van der Waals surface area contributed by atoms with Gasteiger partial charge >= 0.3 is 5.97 Å². The number of methoxy groups -OCH3 is 1. The maximum Gasteiger partial charge on any atom is 0.337 e. The Bertz CT molecular complexity index is 650. The highest BCUT2D eigenvalue weighted by molar-refractivity contribution is 14.1. The summed E-state index contributed by atoms with van der Waals surface area (Å²) >= 11 is 2.13. The Labute approximate surface area is 137 Å². The van der Waals surface area contributed by atoms with Crippen LogP contribution in [0.15, 0.2) is 55.1 Å². The Morgan fingerprint density at radius 3 is 2.48 bits per heavy atom. The molecule has 0 spiro atoms. The third kappa shape index (κ3) is 4.07. The lowest BCUT2D eigenvalue weighted by Gasteiger charge is -2.11. The minimum Gasteiger partial charge on any atom is -0.488 e. The second-order valence-electron chi connectivity index (χ2n) is 4.40. The predicted molar refractivity (Wildman–Crippen MR) is 91.5 cm³/mol. The summed E-state index contributed by atoms with van der Waals surface area (Å²) in [6.45, 7) is 4.43. The molecule has 0 aromatic heterocycles. The van der Waals surface area contributed by atoms with Gasteiger partial charge in [0.25, 0.3) is 0 Å². The lowest BCUT2D eigenvalue weighted by Crippen LogP contribution is -2.04. The van der Waals surface area contributed by atoms with Crippen molar-refractivity contribution in [1.29, 1.82) is 0 Å². The molecule has 0 heterocycles. The van der Waals surface area contributed by atoms with Crippen molar-refractivity contribution in [3.63, 3.8) is 0 Å². The van der Waals surface area contributed by atoms with E-state index >= 15 is 0 Å². The number of hydrogen-bond donors (Lipinski definition) is 0. The lowest BCUT2D eigenvalue weighted by molar-refractivity contribution is 0.0600. The van der Waals surface area contributed by atoms with Gasteiger partial charge in [-0.15, -0.1) is 0 Å². The molecule has 2 rings (SSSR count). The fraction of sp³-hybridized carbons (Fsp3) is 0.118. The molecule has 2 aromatic rings. The van der Waals surface area contributed by atoms with E-state index in [9.17, 15) is 4.79 Å². The van der Waals surface area contributed by atoms with Gasteiger partial charge in [0.05, 0.1) is 16.2 Å². The first-order chi connectivity index (χ1) is 10.1. The van der Waals surface area contributed by atoms with Crippen LogP contribution in [0.25, 0.3) is 5.57 Å². The molecule has 0 saturated carbocycles. The molecule has 108 valence electrons. The van der Waals surface area contributed by atoms with Crippen molar-refractivity contribution >= 4 is 34.1 Å². The second-order valence-corrected chi connectivity index (χ2v) is 5.56. The number of halogens is 1. The topological polar surface area (TPSA) is 35.5 Å². The van der Waals surface area contributed by atoms with Gasteiger partial charge in [-0.05, 0) is 51.9 Å². The number of rotatable bonds is 5. The Kier molecular flexibility index (Phi) is 5.38. The summed E-state index contributed by atoms with van der Waals surface area (Å²) in [7, 11) is 1.36. The maximum absolute atomic E-state index is 11.4. The van der Waals surface area contributed by atoms with Gasteiger partial charge in [0, 0.05) is 0 Å². The molecule has 0 bridgehead atoms. The molecule has 2 aromatic carbocycles. The van der Waals surface area contributed by atoms with Crippen molar-refractivity contribution in [2.24, 2.45) is 0 Å². The van der Waals surface area contributed by atoms with Gasteiger partial charge in [0.15, 0.2) is 0 Å². The molecule has 21 heavy (non-hydrogen) atoms. The molecular formula is C17H15IO3. The Balaban J connectivity index is 2.04. The van der Waals surface area contributed by atoms with E-state index in [4.69, 9.17) is 4.74 Å². The summed E-state index contributed by atoms with van der Waals surface area (Å²) in [5.74, 6) is 0.369. The maximum atomic E-state index is 11.4. The zero-order chi connectivity index (χ0) is 15.2. The van der Waals surface area contributed by atoms with Crippen LogP contribution in [0.5, 0.6) is 5.75 Å². The molecule has 0 aliphatic carbocycles. The average molecular weight is 394 g/mol. The third-order valence-electron chi connectivity index (χ3n) is 2.94. The molecule has 0 fully saturated rings. The average Bonchev–Trinajstić information content (AvgIpc) is 2.53. The van der Waals surface area contributed by atoms with Gasteiger partial charge < -0.3 is 9.47 Å². The molecular weight excluding hydrogens is 379 g/mol. The fourth-order valence-corrected chi connectivity index (χ4v) is 2.46. The summed E-state index contributed by atoms with van der Waals surface area (Å²) < 4.78 is 11.3. The SMILES string of the molecule is C=C(COc1ccc(C(=O)OC)cc1I)c1ccccc1. The van der Waals surface area contributed by atoms with Crippen LogP contribution in [0.4, 0.5) is 0 Å². The standard InChI is InChI=1S/C17H15IO3/c1-12(13-6-4-3-5-7-13)11-21-16-9-8-14(10-15(16)18)17(19)20-2/h3-10H,1,11H2,2H3. The van der Waals surface area contributed by atoms with Crippen LogP contribution in [0, 0.1) is 3.57 Å². The van der Waals surface area contributed by atoms with E-state index in [-0.39, 0.29) is 5.97 Å². The normalized spacial score (nSPS) is 10.0. The van der Waals surface area contributed by atoms with Crippen LogP contribution >= 0.6 is 22.6 Å². The van der Waals surface area contributed by atoms with E-state index in [2.05, 4.69) is 33.9 Å². The van der Waals surface area contributed by atoms with Gasteiger partial charge in [-0.25, -0.2) is 4.79 Å². The molecule has 3 nitrogen and oxygen atoms in total. The highest BCUT2D eigenvalue weighted by Crippen LogP contribution is 2.24. The smallest absolute Gasteiger partial charge is 0.337 e. The zero-order valence-electron chi connectivity index (χ0n) is 11.6. The van der Waals surface area contributed by atoms with Gasteiger partial charge in [-0.2, -0.15) is 0 Å². The van der Waals surface area contributed by atoms with Crippen LogP contribution < -0.4 is 4.74 Å². The molecule has 0 aliphatic rings. The Morgan fingerprint density at radius 2 is 1.86 bits per heavy atom. The number of ether oxygens (including phenoxy) is 2. The second kappa shape index (κ2) is 7.26. The first kappa shape index (κ1) is 15.6. The van der Waals surface area contributed by atoms with Gasteiger partial charge in [0.1, 0.15) is 12.4 Å². The molecule has 4 heteroatoms. The summed E-state index contributed by atoms with van der Waals surface area (Å²) in [5.41, 5.74) is 2.47. The van der Waals surface area contributed by atoms with E-state index in [0.29, 0.717) is 12.2 Å². The summed E-state index contributed by atoms with van der Waals surface area (Å²) in [6.07, 6.45) is 0. The van der Waals surface area contributed by atoms with Gasteiger partial charge in [-0.1, -0.05) is 36.9 Å². The summed E-state index contributed by atoms with van der Waals surface area (Å²) in [4.78, 5) is 11.4. The first-order valence-corrected chi connectivity index (χ1v) is 7.43. The van der Waals surface area contributed by atoms with Crippen LogP contribution in [-0.2, 0) is 4.74 Å². The van der Waals surface area contributed by atoms with Crippen LogP contribution in [0.2, 0.25) is 0 Å². The number of benzene rings is 2. The summed E-state index contributed by atoms with van der Waals surface area (Å²) in [5, 5.41) is 0. The van der Waals surface area contributed by atoms with Gasteiger partial charge in [-0.3, -0.25) is 0 Å². The van der Waals surface area contributed by atoms with Crippen LogP contribution in [0.1, 0.15) is 15.9 Å². The minimum absolute atomic E-state index is 0.354. The molecule has 0 N–H and O–H groups in total. The highest BCUT2D eigenvalue weighted by atomic mass is 127. The lowest BCUT2D eigenvalue weighted by atomic mass is 10.1. The van der Waals surface area contributed by atoms with E-state index in [0.717, 1.165) is 20.5 Å². The quantitative estimate of drug-likeness (QED) is 0.564. The highest BCUT2D eigenvalue weighted by Gasteiger charge is 2.09. The van der Waals surface area contributed by atoms with Crippen molar-refractivity contribution in [2.75, 3.05) is 13.7 Å². The van der Waals surface area contributed by atoms with Crippen molar-refractivity contribution in [3.8, 4) is 5.75 Å². The first-order valence-electron chi connectivity index (χ1n) is 6.35. The summed E-state index contributed by atoms with van der Waals surface area (Å²) in [6, 6.07) is 15.1. The molecule has 0 saturated heterocycles. The molecule has 0 unspecified atom stereocenters. The monoisotopic (exact) mass is 394 g/mol. The number of carbonyl (C=O) groups is 1. The molecule has 0 aliphatic heterocycles. The fourth-order valence-electron chi connectivity index (χ4n) is 1.78.